The molecule has 0 aromatic heterocycles. The van der Waals surface area contributed by atoms with Gasteiger partial charge in [-0.05, 0) is 6.92 Å². The second-order valence-corrected chi connectivity index (χ2v) is 5.58. The van der Waals surface area contributed by atoms with E-state index in [9.17, 15) is 28.8 Å². The van der Waals surface area contributed by atoms with Crippen LogP contribution in [-0.4, -0.2) is 54.6 Å². The number of ketones is 4. The summed E-state index contributed by atoms with van der Waals surface area (Å²) in [5.74, 6) is -1.82. The molecule has 0 rings (SSSR count). The van der Waals surface area contributed by atoms with Gasteiger partial charge < -0.3 is 21.2 Å². The Balaban J connectivity index is 3.81. The van der Waals surface area contributed by atoms with Crippen molar-refractivity contribution < 1.29 is 28.8 Å². The van der Waals surface area contributed by atoms with Crippen molar-refractivity contribution >= 4 is 34.9 Å². The molecule has 0 aromatic rings. The van der Waals surface area contributed by atoms with Crippen LogP contribution in [0.5, 0.6) is 0 Å². The van der Waals surface area contributed by atoms with Crippen LogP contribution in [0.4, 0.5) is 0 Å². The first-order valence-corrected chi connectivity index (χ1v) is 8.02. The molecule has 4 N–H and O–H groups in total. The van der Waals surface area contributed by atoms with E-state index in [0.29, 0.717) is 0 Å². The summed E-state index contributed by atoms with van der Waals surface area (Å²) in [7, 11) is 0. The van der Waals surface area contributed by atoms with Crippen molar-refractivity contribution in [3.63, 3.8) is 0 Å². The first-order valence-electron chi connectivity index (χ1n) is 8.02. The Morgan fingerprint density at radius 1 is 0.640 bits per heavy atom. The van der Waals surface area contributed by atoms with Crippen LogP contribution in [0.3, 0.4) is 0 Å². The normalized spacial score (nSPS) is 10.0. The maximum atomic E-state index is 11.6. The van der Waals surface area contributed by atoms with Crippen molar-refractivity contribution in [1.82, 2.24) is 10.6 Å². The maximum absolute atomic E-state index is 11.6. The molecule has 0 saturated heterocycles. The van der Waals surface area contributed by atoms with Gasteiger partial charge in [-0.1, -0.05) is 0 Å². The van der Waals surface area contributed by atoms with Gasteiger partial charge >= 0.3 is 0 Å². The Labute approximate surface area is 146 Å². The van der Waals surface area contributed by atoms with Crippen molar-refractivity contribution in [1.29, 1.82) is 0 Å². The van der Waals surface area contributed by atoms with E-state index in [1.54, 1.807) is 0 Å². The number of nitrogens with two attached hydrogens (primary N) is 1. The predicted octanol–water partition coefficient (Wildman–Crippen LogP) is -1.19. The highest BCUT2D eigenvalue weighted by Gasteiger charge is 2.11. The third-order valence-electron chi connectivity index (χ3n) is 3.21. The Hall–Kier alpha value is -2.42. The average molecular weight is 355 g/mol. The summed E-state index contributed by atoms with van der Waals surface area (Å²) in [6, 6.07) is 0. The highest BCUT2D eigenvalue weighted by Crippen LogP contribution is 1.95. The monoisotopic (exact) mass is 355 g/mol. The molecule has 0 spiro atoms. The van der Waals surface area contributed by atoms with Crippen LogP contribution in [-0.2, 0) is 28.8 Å². The zero-order chi connectivity index (χ0) is 19.2. The molecule has 0 aliphatic heterocycles. The van der Waals surface area contributed by atoms with E-state index in [0.717, 1.165) is 0 Å². The van der Waals surface area contributed by atoms with Crippen LogP contribution >= 0.6 is 0 Å². The summed E-state index contributed by atoms with van der Waals surface area (Å²) in [4.78, 5) is 67.6. The van der Waals surface area contributed by atoms with Gasteiger partial charge in [0.1, 0.15) is 11.6 Å². The minimum atomic E-state index is -0.454. The van der Waals surface area contributed by atoms with E-state index >= 15 is 0 Å². The molecule has 9 nitrogen and oxygen atoms in total. The predicted molar refractivity (Wildman–Crippen MR) is 88.5 cm³/mol. The van der Waals surface area contributed by atoms with Crippen LogP contribution in [0.25, 0.3) is 0 Å². The van der Waals surface area contributed by atoms with Gasteiger partial charge in [-0.15, -0.1) is 0 Å². The molecule has 0 radical (unpaired) electrons. The fourth-order valence-electron chi connectivity index (χ4n) is 1.67. The smallest absolute Gasteiger partial charge is 0.220 e. The van der Waals surface area contributed by atoms with Gasteiger partial charge in [0, 0.05) is 38.5 Å². The zero-order valence-corrected chi connectivity index (χ0v) is 14.4. The van der Waals surface area contributed by atoms with E-state index in [2.05, 4.69) is 10.6 Å². The molecule has 0 atom stereocenters. The van der Waals surface area contributed by atoms with Gasteiger partial charge in [0.25, 0.3) is 0 Å². The summed E-state index contributed by atoms with van der Waals surface area (Å²) in [5, 5.41) is 4.74. The Morgan fingerprint density at radius 3 is 1.44 bits per heavy atom. The van der Waals surface area contributed by atoms with Crippen molar-refractivity contribution in [3.05, 3.63) is 0 Å². The van der Waals surface area contributed by atoms with Crippen LogP contribution in [0.2, 0.25) is 0 Å². The number of Topliss-reactive ketones (excluding diaryl/α,β-unsaturated/α-hetero) is 4. The van der Waals surface area contributed by atoms with E-state index in [1.165, 1.54) is 6.92 Å². The molecular formula is C16H25N3O6. The van der Waals surface area contributed by atoms with Gasteiger partial charge in [0.05, 0.1) is 19.6 Å². The van der Waals surface area contributed by atoms with Crippen molar-refractivity contribution in [2.45, 2.75) is 45.4 Å². The molecule has 0 heterocycles. The number of rotatable bonds is 14. The van der Waals surface area contributed by atoms with Gasteiger partial charge in [-0.2, -0.15) is 0 Å². The minimum absolute atomic E-state index is 0.0244. The Bertz CT molecular complexity index is 530. The lowest BCUT2D eigenvalue weighted by Gasteiger charge is -2.05. The fraction of sp³-hybridized carbons (Fsp3) is 0.625. The molecule has 0 aliphatic rings. The van der Waals surface area contributed by atoms with Crippen molar-refractivity contribution in [2.75, 3.05) is 19.6 Å². The van der Waals surface area contributed by atoms with Gasteiger partial charge in [0.2, 0.25) is 11.8 Å². The van der Waals surface area contributed by atoms with Crippen molar-refractivity contribution in [2.24, 2.45) is 5.73 Å². The lowest BCUT2D eigenvalue weighted by Crippen LogP contribution is -2.32. The van der Waals surface area contributed by atoms with E-state index in [1.807, 2.05) is 0 Å². The molecular weight excluding hydrogens is 330 g/mol. The van der Waals surface area contributed by atoms with Gasteiger partial charge in [-0.3, -0.25) is 24.0 Å². The van der Waals surface area contributed by atoms with E-state index in [-0.39, 0.29) is 81.3 Å². The topological polar surface area (TPSA) is 152 Å². The van der Waals surface area contributed by atoms with Crippen LogP contribution in [0.1, 0.15) is 45.4 Å². The molecule has 0 fully saturated rings. The lowest BCUT2D eigenvalue weighted by atomic mass is 10.1. The first kappa shape index (κ1) is 22.6. The summed E-state index contributed by atoms with van der Waals surface area (Å²) in [6.07, 6.45) is 0.0373. The number of nitrogens with one attached hydrogen (secondary N) is 2. The van der Waals surface area contributed by atoms with Gasteiger partial charge in [0.15, 0.2) is 11.6 Å². The van der Waals surface area contributed by atoms with E-state index in [4.69, 9.17) is 5.73 Å². The zero-order valence-electron chi connectivity index (χ0n) is 14.4. The first-order chi connectivity index (χ1) is 11.7. The molecule has 0 aliphatic carbocycles. The van der Waals surface area contributed by atoms with Crippen molar-refractivity contribution in [3.8, 4) is 0 Å². The summed E-state index contributed by atoms with van der Waals surface area (Å²) >= 11 is 0. The molecule has 0 unspecified atom stereocenters. The van der Waals surface area contributed by atoms with Gasteiger partial charge in [-0.25, -0.2) is 0 Å². The third-order valence-corrected chi connectivity index (χ3v) is 3.21. The Kier molecular flexibility index (Phi) is 11.7. The minimum Gasteiger partial charge on any atom is -0.349 e. The quantitative estimate of drug-likeness (QED) is 0.354. The SMILES string of the molecule is CC(=O)CCC(=O)CNC(=O)CCC(=O)CNC(=O)CCC(=O)CN. The molecule has 0 aromatic carbocycles. The molecule has 140 valence electrons. The molecule has 2 amide bonds. The number of carbonyl (C=O) groups excluding carboxylic acids is 6. The molecule has 9 heteroatoms. The molecule has 25 heavy (non-hydrogen) atoms. The summed E-state index contributed by atoms with van der Waals surface area (Å²) < 4.78 is 0. The number of carbonyl (C=O) groups is 6. The summed E-state index contributed by atoms with van der Waals surface area (Å²) in [6.45, 7) is 0.859. The lowest BCUT2D eigenvalue weighted by molar-refractivity contribution is -0.128. The number of hydrogen-bond acceptors (Lipinski definition) is 7. The molecule has 0 saturated carbocycles. The second-order valence-electron chi connectivity index (χ2n) is 5.58. The largest absolute Gasteiger partial charge is 0.349 e. The third kappa shape index (κ3) is 13.7. The van der Waals surface area contributed by atoms with E-state index < -0.39 is 11.8 Å². The van der Waals surface area contributed by atoms with Crippen LogP contribution in [0, 0.1) is 0 Å². The average Bonchev–Trinajstić information content (AvgIpc) is 2.58. The van der Waals surface area contributed by atoms with Crippen LogP contribution in [0.15, 0.2) is 0 Å². The van der Waals surface area contributed by atoms with Crippen LogP contribution < -0.4 is 16.4 Å². The maximum Gasteiger partial charge on any atom is 0.220 e. The second kappa shape index (κ2) is 12.9. The summed E-state index contributed by atoms with van der Waals surface area (Å²) in [5.41, 5.74) is 5.11. The highest BCUT2D eigenvalue weighted by molar-refractivity contribution is 5.92. The standard InChI is InChI=1S/C16H25N3O6/c1-11(20)2-3-13(22)9-18-16(25)7-5-14(23)10-19-15(24)6-4-12(21)8-17/h2-10,17H2,1H3,(H,18,25)(H,19,24). The number of amides is 2. The highest BCUT2D eigenvalue weighted by atomic mass is 16.2. The number of hydrogen-bond donors (Lipinski definition) is 3. The molecule has 0 bridgehead atoms. The fourth-order valence-corrected chi connectivity index (χ4v) is 1.67. The Morgan fingerprint density at radius 2 is 1.04 bits per heavy atom.